The van der Waals surface area contributed by atoms with Crippen LogP contribution in [0.3, 0.4) is 0 Å². The molecule has 0 aliphatic rings. The van der Waals surface area contributed by atoms with Crippen molar-refractivity contribution in [3.63, 3.8) is 0 Å². The highest BCUT2D eigenvalue weighted by atomic mass is 15.1. The zero-order chi connectivity index (χ0) is 12.9. The van der Waals surface area contributed by atoms with Crippen molar-refractivity contribution in [3.8, 4) is 0 Å². The second-order valence-corrected chi connectivity index (χ2v) is 6.98. The number of rotatable bonds is 6. The Bertz CT molecular complexity index is 170. The summed E-state index contributed by atoms with van der Waals surface area (Å²) >= 11 is 0. The Morgan fingerprint density at radius 2 is 1.25 bits per heavy atom. The van der Waals surface area contributed by atoms with Gasteiger partial charge in [0.25, 0.3) is 0 Å². The van der Waals surface area contributed by atoms with Gasteiger partial charge in [0.1, 0.15) is 0 Å². The quantitative estimate of drug-likeness (QED) is 0.757. The summed E-state index contributed by atoms with van der Waals surface area (Å²) in [6, 6.07) is 0.255. The molecule has 1 unspecified atom stereocenters. The number of nitrogens with zero attached hydrogens (tertiary/aromatic N) is 1. The summed E-state index contributed by atoms with van der Waals surface area (Å²) in [5.41, 5.74) is 6.46. The molecule has 0 saturated heterocycles. The average Bonchev–Trinajstić information content (AvgIpc) is 1.98. The molecule has 0 radical (unpaired) electrons. The van der Waals surface area contributed by atoms with Crippen LogP contribution in [0, 0.1) is 17.3 Å². The van der Waals surface area contributed by atoms with Gasteiger partial charge in [0.05, 0.1) is 0 Å². The summed E-state index contributed by atoms with van der Waals surface area (Å²) < 4.78 is 0. The molecule has 16 heavy (non-hydrogen) atoms. The lowest BCUT2D eigenvalue weighted by Gasteiger charge is -2.34. The first kappa shape index (κ1) is 15.9. The zero-order valence-electron chi connectivity index (χ0n) is 12.4. The third-order valence-electron chi connectivity index (χ3n) is 2.81. The van der Waals surface area contributed by atoms with Crippen LogP contribution in [-0.2, 0) is 0 Å². The summed E-state index contributed by atoms with van der Waals surface area (Å²) in [6.45, 7) is 19.1. The van der Waals surface area contributed by atoms with Crippen LogP contribution in [0.2, 0.25) is 0 Å². The highest BCUT2D eigenvalue weighted by molar-refractivity contribution is 4.80. The Morgan fingerprint density at radius 3 is 1.50 bits per heavy atom. The lowest BCUT2D eigenvalue weighted by molar-refractivity contribution is 0.168. The highest BCUT2D eigenvalue weighted by Crippen LogP contribution is 2.19. The van der Waals surface area contributed by atoms with Crippen molar-refractivity contribution in [1.82, 2.24) is 4.90 Å². The molecule has 2 heteroatoms. The van der Waals surface area contributed by atoms with Gasteiger partial charge in [-0.15, -0.1) is 0 Å². The van der Waals surface area contributed by atoms with Crippen molar-refractivity contribution in [3.05, 3.63) is 0 Å². The maximum absolute atomic E-state index is 6.26. The van der Waals surface area contributed by atoms with Crippen LogP contribution >= 0.6 is 0 Å². The molecule has 0 aromatic rings. The Kier molecular flexibility index (Phi) is 6.57. The van der Waals surface area contributed by atoms with Crippen LogP contribution in [0.5, 0.6) is 0 Å². The predicted molar refractivity (Wildman–Crippen MR) is 73.5 cm³/mol. The van der Waals surface area contributed by atoms with Gasteiger partial charge in [-0.25, -0.2) is 0 Å². The molecule has 2 N–H and O–H groups in total. The molecule has 0 rings (SSSR count). The normalized spacial score (nSPS) is 15.2. The number of hydrogen-bond donors (Lipinski definition) is 1. The molecule has 0 aliphatic heterocycles. The van der Waals surface area contributed by atoms with E-state index in [1.807, 2.05) is 0 Å². The van der Waals surface area contributed by atoms with E-state index in [0.717, 1.165) is 19.6 Å². The first-order valence-corrected chi connectivity index (χ1v) is 6.60. The number of hydrogen-bond acceptors (Lipinski definition) is 2. The van der Waals surface area contributed by atoms with E-state index < -0.39 is 0 Å². The fourth-order valence-corrected chi connectivity index (χ4v) is 1.81. The molecule has 0 fully saturated rings. The molecular weight excluding hydrogens is 196 g/mol. The average molecular weight is 228 g/mol. The van der Waals surface area contributed by atoms with E-state index in [4.69, 9.17) is 5.73 Å². The fraction of sp³-hybridized carbons (Fsp3) is 1.00. The van der Waals surface area contributed by atoms with E-state index in [2.05, 4.69) is 53.4 Å². The van der Waals surface area contributed by atoms with E-state index in [-0.39, 0.29) is 11.5 Å². The van der Waals surface area contributed by atoms with Crippen LogP contribution in [-0.4, -0.2) is 30.6 Å². The van der Waals surface area contributed by atoms with Crippen molar-refractivity contribution >= 4 is 0 Å². The Morgan fingerprint density at radius 1 is 0.875 bits per heavy atom. The van der Waals surface area contributed by atoms with Gasteiger partial charge in [-0.1, -0.05) is 48.5 Å². The summed E-state index contributed by atoms with van der Waals surface area (Å²) in [5.74, 6) is 1.43. The van der Waals surface area contributed by atoms with Gasteiger partial charge >= 0.3 is 0 Å². The standard InChI is InChI=1S/C14H32N2/c1-11(2)8-16(9-12(3)4)10-13(15)14(5,6)7/h11-13H,8-10,15H2,1-7H3. The minimum atomic E-state index is 0.201. The molecule has 2 nitrogen and oxygen atoms in total. The lowest BCUT2D eigenvalue weighted by Crippen LogP contribution is -2.47. The molecule has 0 aromatic carbocycles. The van der Waals surface area contributed by atoms with Gasteiger partial charge in [-0.05, 0) is 17.3 Å². The molecule has 0 spiro atoms. The largest absolute Gasteiger partial charge is 0.326 e. The van der Waals surface area contributed by atoms with Crippen LogP contribution in [0.15, 0.2) is 0 Å². The minimum Gasteiger partial charge on any atom is -0.326 e. The summed E-state index contributed by atoms with van der Waals surface area (Å²) in [6.07, 6.45) is 0. The van der Waals surface area contributed by atoms with Crippen molar-refractivity contribution in [2.75, 3.05) is 19.6 Å². The summed E-state index contributed by atoms with van der Waals surface area (Å²) in [4.78, 5) is 2.52. The van der Waals surface area contributed by atoms with Gasteiger partial charge in [0.2, 0.25) is 0 Å². The van der Waals surface area contributed by atoms with Crippen molar-refractivity contribution in [2.45, 2.75) is 54.5 Å². The SMILES string of the molecule is CC(C)CN(CC(C)C)CC(N)C(C)(C)C. The Labute approximate surface area is 103 Å². The first-order valence-electron chi connectivity index (χ1n) is 6.60. The smallest absolute Gasteiger partial charge is 0.0217 e. The molecular formula is C14H32N2. The number of nitrogens with two attached hydrogens (primary N) is 1. The molecule has 0 saturated carbocycles. The zero-order valence-corrected chi connectivity index (χ0v) is 12.4. The second-order valence-electron chi connectivity index (χ2n) is 6.98. The van der Waals surface area contributed by atoms with Crippen LogP contribution in [0.4, 0.5) is 0 Å². The van der Waals surface area contributed by atoms with Gasteiger partial charge in [0, 0.05) is 25.7 Å². The van der Waals surface area contributed by atoms with E-state index in [1.165, 1.54) is 0 Å². The Hall–Kier alpha value is -0.0800. The minimum absolute atomic E-state index is 0.201. The molecule has 0 amide bonds. The lowest BCUT2D eigenvalue weighted by atomic mass is 9.87. The molecule has 0 bridgehead atoms. The predicted octanol–water partition coefficient (Wildman–Crippen LogP) is 2.97. The summed E-state index contributed by atoms with van der Waals surface area (Å²) in [5, 5.41) is 0. The van der Waals surface area contributed by atoms with E-state index >= 15 is 0 Å². The van der Waals surface area contributed by atoms with Gasteiger partial charge in [-0.3, -0.25) is 0 Å². The van der Waals surface area contributed by atoms with Crippen molar-refractivity contribution < 1.29 is 0 Å². The van der Waals surface area contributed by atoms with Crippen LogP contribution < -0.4 is 5.73 Å². The first-order chi connectivity index (χ1) is 7.12. The third kappa shape index (κ3) is 7.24. The van der Waals surface area contributed by atoms with Gasteiger partial charge in [0.15, 0.2) is 0 Å². The highest BCUT2D eigenvalue weighted by Gasteiger charge is 2.23. The van der Waals surface area contributed by atoms with E-state index in [1.54, 1.807) is 0 Å². The molecule has 0 aliphatic carbocycles. The van der Waals surface area contributed by atoms with Crippen LogP contribution in [0.1, 0.15) is 48.5 Å². The second kappa shape index (κ2) is 6.61. The van der Waals surface area contributed by atoms with Crippen molar-refractivity contribution in [1.29, 1.82) is 0 Å². The topological polar surface area (TPSA) is 29.3 Å². The van der Waals surface area contributed by atoms with Gasteiger partial charge in [-0.2, -0.15) is 0 Å². The fourth-order valence-electron chi connectivity index (χ4n) is 1.81. The van der Waals surface area contributed by atoms with Crippen LogP contribution in [0.25, 0.3) is 0 Å². The molecule has 0 heterocycles. The molecule has 98 valence electrons. The monoisotopic (exact) mass is 228 g/mol. The van der Waals surface area contributed by atoms with Gasteiger partial charge < -0.3 is 10.6 Å². The molecule has 1 atom stereocenters. The molecule has 0 aromatic heterocycles. The summed E-state index contributed by atoms with van der Waals surface area (Å²) in [7, 11) is 0. The van der Waals surface area contributed by atoms with E-state index in [0.29, 0.717) is 11.8 Å². The third-order valence-corrected chi connectivity index (χ3v) is 2.81. The maximum Gasteiger partial charge on any atom is 0.0217 e. The van der Waals surface area contributed by atoms with E-state index in [9.17, 15) is 0 Å². The Balaban J connectivity index is 4.30. The van der Waals surface area contributed by atoms with Crippen molar-refractivity contribution in [2.24, 2.45) is 23.0 Å². The maximum atomic E-state index is 6.26.